The highest BCUT2D eigenvalue weighted by atomic mass is 79.9. The molecule has 0 unspecified atom stereocenters. The number of hydrogen-bond acceptors (Lipinski definition) is 2. The monoisotopic (exact) mass is 396 g/mol. The number of likely N-dealkylation sites (N-methyl/N-ethyl adjacent to an activating group) is 1. The zero-order valence-corrected chi connectivity index (χ0v) is 14.8. The van der Waals surface area contributed by atoms with E-state index in [1.165, 1.54) is 18.7 Å². The SMILES string of the molecule is CCN(C(=O)Nc1c(Cl)cc(Br)cc1Cl)C(C)(C)C(=O)O. The number of hydrogen-bond donors (Lipinski definition) is 2. The van der Waals surface area contributed by atoms with Crippen LogP contribution in [0, 0.1) is 0 Å². The van der Waals surface area contributed by atoms with Gasteiger partial charge in [0.15, 0.2) is 0 Å². The molecule has 0 fully saturated rings. The van der Waals surface area contributed by atoms with Gasteiger partial charge in [0.1, 0.15) is 5.54 Å². The zero-order chi connectivity index (χ0) is 16.4. The molecule has 1 aromatic rings. The maximum Gasteiger partial charge on any atom is 0.329 e. The molecule has 0 aliphatic rings. The summed E-state index contributed by atoms with van der Waals surface area (Å²) in [4.78, 5) is 24.8. The number of halogens is 3. The lowest BCUT2D eigenvalue weighted by Gasteiger charge is -2.34. The van der Waals surface area contributed by atoms with Gasteiger partial charge in [-0.05, 0) is 32.9 Å². The van der Waals surface area contributed by atoms with Crippen molar-refractivity contribution in [2.24, 2.45) is 0 Å². The molecule has 1 aromatic carbocycles. The van der Waals surface area contributed by atoms with Gasteiger partial charge in [0, 0.05) is 11.0 Å². The van der Waals surface area contributed by atoms with Gasteiger partial charge in [-0.3, -0.25) is 0 Å². The number of carbonyl (C=O) groups is 2. The Morgan fingerprint density at radius 1 is 1.33 bits per heavy atom. The van der Waals surface area contributed by atoms with Crippen LogP contribution in [0.1, 0.15) is 20.8 Å². The van der Waals surface area contributed by atoms with Gasteiger partial charge in [0.25, 0.3) is 0 Å². The minimum absolute atomic E-state index is 0.219. The van der Waals surface area contributed by atoms with Crippen LogP contribution in [0.15, 0.2) is 16.6 Å². The summed E-state index contributed by atoms with van der Waals surface area (Å²) < 4.78 is 0.675. The Balaban J connectivity index is 3.08. The number of nitrogens with one attached hydrogen (secondary N) is 1. The molecule has 0 saturated carbocycles. The standard InChI is InChI=1S/C13H15BrCl2N2O3/c1-4-18(13(2,3)11(19)20)12(21)17-10-8(15)5-7(14)6-9(10)16/h5-6H,4H2,1-3H3,(H,17,21)(H,19,20). The molecule has 0 atom stereocenters. The van der Waals surface area contributed by atoms with Gasteiger partial charge in [-0.15, -0.1) is 0 Å². The summed E-state index contributed by atoms with van der Waals surface area (Å²) in [5.41, 5.74) is -1.11. The van der Waals surface area contributed by atoms with Crippen molar-refractivity contribution < 1.29 is 14.7 Å². The van der Waals surface area contributed by atoms with Crippen molar-refractivity contribution in [3.63, 3.8) is 0 Å². The highest BCUT2D eigenvalue weighted by Crippen LogP contribution is 2.34. The number of urea groups is 1. The van der Waals surface area contributed by atoms with Crippen molar-refractivity contribution in [3.05, 3.63) is 26.7 Å². The van der Waals surface area contributed by atoms with Gasteiger partial charge in [-0.25, -0.2) is 9.59 Å². The summed E-state index contributed by atoms with van der Waals surface area (Å²) in [6.07, 6.45) is 0. The number of aliphatic carboxylic acids is 1. The molecular weight excluding hydrogens is 383 g/mol. The van der Waals surface area contributed by atoms with E-state index in [0.29, 0.717) is 4.47 Å². The summed E-state index contributed by atoms with van der Waals surface area (Å²) >= 11 is 15.3. The van der Waals surface area contributed by atoms with Gasteiger partial charge >= 0.3 is 12.0 Å². The van der Waals surface area contributed by atoms with Crippen molar-refractivity contribution in [1.29, 1.82) is 0 Å². The molecule has 116 valence electrons. The zero-order valence-electron chi connectivity index (χ0n) is 11.7. The van der Waals surface area contributed by atoms with Crippen LogP contribution >= 0.6 is 39.1 Å². The van der Waals surface area contributed by atoms with Crippen molar-refractivity contribution in [2.45, 2.75) is 26.3 Å². The second-order valence-corrected chi connectivity index (χ2v) is 6.51. The molecule has 0 radical (unpaired) electrons. The summed E-state index contributed by atoms with van der Waals surface area (Å²) in [5, 5.41) is 12.3. The maximum atomic E-state index is 12.3. The number of carboxylic acid groups (broad SMARTS) is 1. The molecule has 21 heavy (non-hydrogen) atoms. The Kier molecular flexibility index (Phi) is 5.90. The Morgan fingerprint density at radius 2 is 1.81 bits per heavy atom. The Morgan fingerprint density at radius 3 is 2.19 bits per heavy atom. The third kappa shape index (κ3) is 4.02. The predicted octanol–water partition coefficient (Wildman–Crippen LogP) is 4.47. The number of nitrogens with zero attached hydrogens (tertiary/aromatic N) is 1. The molecule has 0 spiro atoms. The van der Waals surface area contributed by atoms with Crippen molar-refractivity contribution in [1.82, 2.24) is 4.90 Å². The summed E-state index contributed by atoms with van der Waals surface area (Å²) in [6, 6.07) is 2.58. The first-order valence-electron chi connectivity index (χ1n) is 6.07. The normalized spacial score (nSPS) is 11.1. The molecule has 2 N–H and O–H groups in total. The quantitative estimate of drug-likeness (QED) is 0.787. The second kappa shape index (κ2) is 6.85. The molecule has 0 bridgehead atoms. The summed E-state index contributed by atoms with van der Waals surface area (Å²) in [7, 11) is 0. The lowest BCUT2D eigenvalue weighted by Crippen LogP contribution is -2.54. The third-order valence-electron chi connectivity index (χ3n) is 3.00. The van der Waals surface area contributed by atoms with E-state index in [1.54, 1.807) is 19.1 Å². The molecule has 5 nitrogen and oxygen atoms in total. The number of carboxylic acids is 1. The van der Waals surface area contributed by atoms with Crippen LogP contribution in [0.2, 0.25) is 10.0 Å². The largest absolute Gasteiger partial charge is 0.480 e. The molecule has 0 saturated heterocycles. The van der Waals surface area contributed by atoms with E-state index in [1.807, 2.05) is 0 Å². The first-order chi connectivity index (χ1) is 9.61. The lowest BCUT2D eigenvalue weighted by molar-refractivity contribution is -0.147. The van der Waals surface area contributed by atoms with E-state index in [0.717, 1.165) is 0 Å². The number of carbonyl (C=O) groups excluding carboxylic acids is 1. The molecule has 2 amide bonds. The van der Waals surface area contributed by atoms with Crippen LogP contribution in [0.3, 0.4) is 0 Å². The van der Waals surface area contributed by atoms with Crippen LogP contribution in [0.4, 0.5) is 10.5 Å². The smallest absolute Gasteiger partial charge is 0.329 e. The summed E-state index contributed by atoms with van der Waals surface area (Å²) in [5.74, 6) is -1.10. The lowest BCUT2D eigenvalue weighted by atomic mass is 10.0. The minimum Gasteiger partial charge on any atom is -0.480 e. The Hall–Kier alpha value is -0.980. The minimum atomic E-state index is -1.35. The van der Waals surface area contributed by atoms with E-state index in [4.69, 9.17) is 23.2 Å². The fourth-order valence-electron chi connectivity index (χ4n) is 1.74. The summed E-state index contributed by atoms with van der Waals surface area (Å²) in [6.45, 7) is 4.80. The molecule has 0 heterocycles. The average Bonchev–Trinajstić information content (AvgIpc) is 2.34. The van der Waals surface area contributed by atoms with Crippen molar-refractivity contribution in [3.8, 4) is 0 Å². The molecule has 1 rings (SSSR count). The number of amides is 2. The van der Waals surface area contributed by atoms with E-state index < -0.39 is 17.5 Å². The van der Waals surface area contributed by atoms with E-state index in [-0.39, 0.29) is 22.3 Å². The Labute approximate surface area is 141 Å². The van der Waals surface area contributed by atoms with E-state index >= 15 is 0 Å². The highest BCUT2D eigenvalue weighted by molar-refractivity contribution is 9.10. The van der Waals surface area contributed by atoms with Crippen molar-refractivity contribution in [2.75, 3.05) is 11.9 Å². The van der Waals surface area contributed by atoms with Gasteiger partial charge in [0.2, 0.25) is 0 Å². The number of benzene rings is 1. The highest BCUT2D eigenvalue weighted by Gasteiger charge is 2.37. The fraction of sp³-hybridized carbons (Fsp3) is 0.385. The number of rotatable bonds is 4. The van der Waals surface area contributed by atoms with E-state index in [2.05, 4.69) is 21.2 Å². The Bertz CT molecular complexity index is 556. The average molecular weight is 398 g/mol. The van der Waals surface area contributed by atoms with Crippen LogP contribution in [-0.4, -0.2) is 34.1 Å². The van der Waals surface area contributed by atoms with Crippen LogP contribution < -0.4 is 5.32 Å². The molecule has 8 heteroatoms. The van der Waals surface area contributed by atoms with Gasteiger partial charge < -0.3 is 15.3 Å². The molecule has 0 aliphatic heterocycles. The van der Waals surface area contributed by atoms with Crippen LogP contribution in [0.25, 0.3) is 0 Å². The maximum absolute atomic E-state index is 12.3. The van der Waals surface area contributed by atoms with Gasteiger partial charge in [-0.2, -0.15) is 0 Å². The van der Waals surface area contributed by atoms with Gasteiger partial charge in [-0.1, -0.05) is 39.1 Å². The molecule has 0 aromatic heterocycles. The first-order valence-corrected chi connectivity index (χ1v) is 7.62. The first kappa shape index (κ1) is 18.1. The van der Waals surface area contributed by atoms with E-state index in [9.17, 15) is 14.7 Å². The predicted molar refractivity (Wildman–Crippen MR) is 87.3 cm³/mol. The molecule has 0 aliphatic carbocycles. The number of anilines is 1. The second-order valence-electron chi connectivity index (χ2n) is 4.78. The third-order valence-corrected chi connectivity index (χ3v) is 4.05. The fourth-order valence-corrected chi connectivity index (χ4v) is 3.05. The van der Waals surface area contributed by atoms with Crippen molar-refractivity contribution >= 4 is 56.8 Å². The molecular formula is C13H15BrCl2N2O3. The van der Waals surface area contributed by atoms with Crippen LogP contribution in [0.5, 0.6) is 0 Å². The topological polar surface area (TPSA) is 69.6 Å². The van der Waals surface area contributed by atoms with Gasteiger partial charge in [0.05, 0.1) is 15.7 Å². The van der Waals surface area contributed by atoms with Crippen LogP contribution in [-0.2, 0) is 4.79 Å².